The Morgan fingerprint density at radius 1 is 1.20 bits per heavy atom. The standard InChI is InChI=1S/C19H33N5O/c1-2-3-4-5-6-7-14-24(20)18-10-15-23(16-11-18)19(25)22-17-8-12-21-13-9-17/h8-9,12-13,18H,2-7,10-11,14-16,20H2,1H3,(H,21,22,25). The number of amides is 2. The Morgan fingerprint density at radius 2 is 1.84 bits per heavy atom. The molecule has 2 rings (SSSR count). The number of likely N-dealkylation sites (tertiary alicyclic amines) is 1. The number of rotatable bonds is 9. The first-order valence-electron chi connectivity index (χ1n) is 9.68. The molecule has 1 aliphatic rings. The van der Waals surface area contributed by atoms with Crippen LogP contribution in [-0.4, -0.2) is 46.6 Å². The van der Waals surface area contributed by atoms with E-state index >= 15 is 0 Å². The maximum absolute atomic E-state index is 12.3. The molecule has 2 amide bonds. The van der Waals surface area contributed by atoms with E-state index in [4.69, 9.17) is 5.84 Å². The lowest BCUT2D eigenvalue weighted by Crippen LogP contribution is -2.50. The van der Waals surface area contributed by atoms with Crippen molar-refractivity contribution < 1.29 is 4.79 Å². The molecule has 3 N–H and O–H groups in total. The quantitative estimate of drug-likeness (QED) is 0.406. The van der Waals surface area contributed by atoms with Gasteiger partial charge in [0, 0.05) is 43.8 Å². The van der Waals surface area contributed by atoms with Gasteiger partial charge in [-0.1, -0.05) is 39.0 Å². The first kappa shape index (κ1) is 19.7. The Bertz CT molecular complexity index is 488. The number of pyridine rings is 1. The second kappa shape index (κ2) is 11.1. The second-order valence-electron chi connectivity index (χ2n) is 6.89. The van der Waals surface area contributed by atoms with Crippen LogP contribution in [0.2, 0.25) is 0 Å². The zero-order chi connectivity index (χ0) is 17.9. The Kier molecular flexibility index (Phi) is 8.69. The third-order valence-corrected chi connectivity index (χ3v) is 4.92. The molecule has 0 unspecified atom stereocenters. The lowest BCUT2D eigenvalue weighted by molar-refractivity contribution is 0.120. The van der Waals surface area contributed by atoms with Gasteiger partial charge in [-0.2, -0.15) is 0 Å². The van der Waals surface area contributed by atoms with Gasteiger partial charge in [-0.25, -0.2) is 9.80 Å². The van der Waals surface area contributed by atoms with E-state index < -0.39 is 0 Å². The number of nitrogens with two attached hydrogens (primary N) is 1. The van der Waals surface area contributed by atoms with Crippen LogP contribution >= 0.6 is 0 Å². The number of hydrogen-bond donors (Lipinski definition) is 2. The highest BCUT2D eigenvalue weighted by Gasteiger charge is 2.25. The Hall–Kier alpha value is -1.66. The summed E-state index contributed by atoms with van der Waals surface area (Å²) >= 11 is 0. The molecule has 140 valence electrons. The van der Waals surface area contributed by atoms with E-state index in [-0.39, 0.29) is 6.03 Å². The molecule has 0 atom stereocenters. The number of unbranched alkanes of at least 4 members (excludes halogenated alkanes) is 5. The Labute approximate surface area is 151 Å². The molecule has 0 radical (unpaired) electrons. The minimum Gasteiger partial charge on any atom is -0.324 e. The number of aromatic nitrogens is 1. The summed E-state index contributed by atoms with van der Waals surface area (Å²) < 4.78 is 0. The van der Waals surface area contributed by atoms with Crippen LogP contribution in [0.5, 0.6) is 0 Å². The van der Waals surface area contributed by atoms with Crippen molar-refractivity contribution in [3.8, 4) is 0 Å². The van der Waals surface area contributed by atoms with Gasteiger partial charge in [0.15, 0.2) is 0 Å². The van der Waals surface area contributed by atoms with Gasteiger partial charge in [0.25, 0.3) is 0 Å². The highest BCUT2D eigenvalue weighted by Crippen LogP contribution is 2.16. The van der Waals surface area contributed by atoms with E-state index in [0.717, 1.165) is 38.2 Å². The van der Waals surface area contributed by atoms with Crippen molar-refractivity contribution in [2.45, 2.75) is 64.3 Å². The summed E-state index contributed by atoms with van der Waals surface area (Å²) in [5.74, 6) is 6.24. The maximum atomic E-state index is 12.3. The van der Waals surface area contributed by atoms with Crippen molar-refractivity contribution in [2.24, 2.45) is 5.84 Å². The monoisotopic (exact) mass is 347 g/mol. The van der Waals surface area contributed by atoms with Crippen LogP contribution in [0, 0.1) is 0 Å². The molecule has 0 aromatic carbocycles. The lowest BCUT2D eigenvalue weighted by Gasteiger charge is -2.36. The minimum absolute atomic E-state index is 0.0378. The highest BCUT2D eigenvalue weighted by atomic mass is 16.2. The van der Waals surface area contributed by atoms with Crippen LogP contribution in [0.25, 0.3) is 0 Å². The largest absolute Gasteiger partial charge is 0.324 e. The van der Waals surface area contributed by atoms with E-state index in [0.29, 0.717) is 6.04 Å². The zero-order valence-electron chi connectivity index (χ0n) is 15.5. The zero-order valence-corrected chi connectivity index (χ0v) is 15.5. The molecule has 6 heteroatoms. The summed E-state index contributed by atoms with van der Waals surface area (Å²) in [7, 11) is 0. The van der Waals surface area contributed by atoms with Gasteiger partial charge in [0.2, 0.25) is 0 Å². The number of carbonyl (C=O) groups is 1. The molecular weight excluding hydrogens is 314 g/mol. The van der Waals surface area contributed by atoms with Gasteiger partial charge >= 0.3 is 6.03 Å². The first-order valence-corrected chi connectivity index (χ1v) is 9.68. The predicted molar refractivity (Wildman–Crippen MR) is 102 cm³/mol. The number of nitrogens with one attached hydrogen (secondary N) is 1. The normalized spacial score (nSPS) is 15.6. The van der Waals surface area contributed by atoms with Crippen LogP contribution in [-0.2, 0) is 0 Å². The van der Waals surface area contributed by atoms with E-state index in [1.807, 2.05) is 9.91 Å². The molecule has 1 aliphatic heterocycles. The summed E-state index contributed by atoms with van der Waals surface area (Å²) in [6, 6.07) is 3.95. The number of urea groups is 1. The summed E-state index contributed by atoms with van der Waals surface area (Å²) in [6.45, 7) is 4.71. The smallest absolute Gasteiger partial charge is 0.321 e. The summed E-state index contributed by atoms with van der Waals surface area (Å²) in [5, 5.41) is 4.91. The van der Waals surface area contributed by atoms with Crippen LogP contribution in [0.15, 0.2) is 24.5 Å². The molecule has 0 spiro atoms. The molecule has 2 heterocycles. The molecule has 0 aliphatic carbocycles. The van der Waals surface area contributed by atoms with E-state index in [9.17, 15) is 4.79 Å². The maximum Gasteiger partial charge on any atom is 0.321 e. The van der Waals surface area contributed by atoms with Crippen molar-refractivity contribution in [3.05, 3.63) is 24.5 Å². The number of carbonyl (C=O) groups excluding carboxylic acids is 1. The topological polar surface area (TPSA) is 74.5 Å². The molecule has 0 bridgehead atoms. The summed E-state index contributed by atoms with van der Waals surface area (Å²) in [6.07, 6.45) is 13.0. The van der Waals surface area contributed by atoms with E-state index in [2.05, 4.69) is 17.2 Å². The molecule has 1 aromatic heterocycles. The molecule has 6 nitrogen and oxygen atoms in total. The Morgan fingerprint density at radius 3 is 2.52 bits per heavy atom. The second-order valence-corrected chi connectivity index (χ2v) is 6.89. The fraction of sp³-hybridized carbons (Fsp3) is 0.684. The highest BCUT2D eigenvalue weighted by molar-refractivity contribution is 5.89. The van der Waals surface area contributed by atoms with Crippen LogP contribution in [0.1, 0.15) is 58.3 Å². The van der Waals surface area contributed by atoms with Crippen molar-refractivity contribution in [1.29, 1.82) is 0 Å². The molecule has 1 fully saturated rings. The van der Waals surface area contributed by atoms with Gasteiger partial charge in [0.05, 0.1) is 0 Å². The Balaban J connectivity index is 1.62. The number of anilines is 1. The van der Waals surface area contributed by atoms with Crippen LogP contribution in [0.3, 0.4) is 0 Å². The van der Waals surface area contributed by atoms with E-state index in [1.54, 1.807) is 24.5 Å². The third kappa shape index (κ3) is 7.00. The number of hydrogen-bond acceptors (Lipinski definition) is 4. The summed E-state index contributed by atoms with van der Waals surface area (Å²) in [4.78, 5) is 18.1. The van der Waals surface area contributed by atoms with Gasteiger partial charge in [0.1, 0.15) is 0 Å². The van der Waals surface area contributed by atoms with Crippen molar-refractivity contribution in [1.82, 2.24) is 14.9 Å². The average molecular weight is 348 g/mol. The molecule has 1 saturated heterocycles. The number of piperidine rings is 1. The predicted octanol–water partition coefficient (Wildman–Crippen LogP) is 3.61. The van der Waals surface area contributed by atoms with Gasteiger partial charge in [-0.05, 0) is 31.4 Å². The number of nitrogens with zero attached hydrogens (tertiary/aromatic N) is 3. The molecular formula is C19H33N5O. The fourth-order valence-corrected chi connectivity index (χ4v) is 3.30. The first-order chi connectivity index (χ1) is 12.2. The third-order valence-electron chi connectivity index (χ3n) is 4.92. The van der Waals surface area contributed by atoms with Crippen LogP contribution < -0.4 is 11.2 Å². The van der Waals surface area contributed by atoms with E-state index in [1.165, 1.54) is 38.5 Å². The summed E-state index contributed by atoms with van der Waals surface area (Å²) in [5.41, 5.74) is 0.783. The van der Waals surface area contributed by atoms with Crippen LogP contribution in [0.4, 0.5) is 10.5 Å². The lowest BCUT2D eigenvalue weighted by atomic mass is 10.0. The van der Waals surface area contributed by atoms with Crippen molar-refractivity contribution in [2.75, 3.05) is 25.0 Å². The molecule has 25 heavy (non-hydrogen) atoms. The van der Waals surface area contributed by atoms with Gasteiger partial charge in [-0.3, -0.25) is 10.8 Å². The van der Waals surface area contributed by atoms with Crippen molar-refractivity contribution >= 4 is 11.7 Å². The van der Waals surface area contributed by atoms with Gasteiger partial charge in [-0.15, -0.1) is 0 Å². The van der Waals surface area contributed by atoms with Gasteiger partial charge < -0.3 is 10.2 Å². The molecule has 1 aromatic rings. The van der Waals surface area contributed by atoms with Crippen molar-refractivity contribution in [3.63, 3.8) is 0 Å². The molecule has 0 saturated carbocycles. The number of hydrazine groups is 1. The minimum atomic E-state index is -0.0378. The SMILES string of the molecule is CCCCCCCCN(N)C1CCN(C(=O)Nc2ccncc2)CC1. The average Bonchev–Trinajstić information content (AvgIpc) is 2.65. The fourth-order valence-electron chi connectivity index (χ4n) is 3.30.